The Bertz CT molecular complexity index is 1370. The van der Waals surface area contributed by atoms with Crippen molar-refractivity contribution in [3.8, 4) is 0 Å². The van der Waals surface area contributed by atoms with Crippen LogP contribution >= 0.6 is 23.1 Å². The van der Waals surface area contributed by atoms with Crippen LogP contribution in [0.2, 0.25) is 0 Å². The van der Waals surface area contributed by atoms with Gasteiger partial charge in [0.15, 0.2) is 0 Å². The summed E-state index contributed by atoms with van der Waals surface area (Å²) in [7, 11) is 0. The minimum absolute atomic E-state index is 0.0178. The van der Waals surface area contributed by atoms with Crippen LogP contribution in [0.1, 0.15) is 104 Å². The van der Waals surface area contributed by atoms with E-state index in [1.807, 2.05) is 0 Å². The molecule has 0 aromatic carbocycles. The number of nitrogens with zero attached hydrogens (tertiary/aromatic N) is 1. The molecule has 6 atom stereocenters. The first-order valence-electron chi connectivity index (χ1n) is 19.9. The standard InChI is InChI=1S/C40H66N6O5S2/c1-8-19-42-37(49)35(47)29(22-26-13-12-14-26)43-36(48)34-28(25(2)3)17-20-46(34)38(50)33(27-15-10-9-11-16-27)45-39(51)44-32(40(4,5)6)24-41-23-31-30(52-7)18-21-53-31/h8,18,21,25-29,32-34,36,41,43,48H,1,9-17,19-20,22-24H2,2-7H3,(H,42,49)(H2,44,45,51)/p+1/t28-,29?,32-,33+,34+,36?/m1/s1. The van der Waals surface area contributed by atoms with Crippen LogP contribution in [-0.2, 0) is 20.9 Å². The lowest BCUT2D eigenvalue weighted by Gasteiger charge is -2.40. The predicted octanol–water partition coefficient (Wildman–Crippen LogP) is 4.41. The fourth-order valence-corrected chi connectivity index (χ4v) is 10.1. The zero-order valence-electron chi connectivity index (χ0n) is 33.0. The van der Waals surface area contributed by atoms with Crippen molar-refractivity contribution in [3.63, 3.8) is 0 Å². The van der Waals surface area contributed by atoms with Gasteiger partial charge in [0.2, 0.25) is 11.7 Å². The van der Waals surface area contributed by atoms with Gasteiger partial charge in [0.1, 0.15) is 18.8 Å². The second-order valence-electron chi connectivity index (χ2n) is 16.8. The van der Waals surface area contributed by atoms with Gasteiger partial charge in [-0.15, -0.1) is 29.7 Å². The molecule has 0 bridgehead atoms. The molecule has 2 aliphatic carbocycles. The first-order valence-corrected chi connectivity index (χ1v) is 22.0. The molecule has 13 heteroatoms. The Labute approximate surface area is 326 Å². The molecule has 1 aliphatic heterocycles. The number of likely N-dealkylation sites (tertiary alicyclic amines) is 1. The smallest absolute Gasteiger partial charge is 0.315 e. The third-order valence-corrected chi connectivity index (χ3v) is 13.7. The molecule has 7 N–H and O–H groups in total. The summed E-state index contributed by atoms with van der Waals surface area (Å²) in [5, 5.41) is 28.4. The summed E-state index contributed by atoms with van der Waals surface area (Å²) in [6, 6.07) is -0.586. The first-order chi connectivity index (χ1) is 25.2. The zero-order chi connectivity index (χ0) is 38.7. The number of carbonyl (C=O) groups is 4. The summed E-state index contributed by atoms with van der Waals surface area (Å²) in [5.74, 6) is -1.10. The number of hydrogen-bond donors (Lipinski definition) is 6. The number of hydrogen-bond acceptors (Lipinski definition) is 8. The molecule has 2 heterocycles. The van der Waals surface area contributed by atoms with E-state index in [1.165, 1.54) is 15.8 Å². The minimum Gasteiger partial charge on any atom is -0.376 e. The highest BCUT2D eigenvalue weighted by atomic mass is 32.2. The van der Waals surface area contributed by atoms with Gasteiger partial charge in [-0.25, -0.2) is 4.79 Å². The van der Waals surface area contributed by atoms with E-state index in [4.69, 9.17) is 0 Å². The Morgan fingerprint density at radius 2 is 1.79 bits per heavy atom. The fraction of sp³-hybridized carbons (Fsp3) is 0.750. The highest BCUT2D eigenvalue weighted by molar-refractivity contribution is 7.98. The quantitative estimate of drug-likeness (QED) is 0.0527. The summed E-state index contributed by atoms with van der Waals surface area (Å²) >= 11 is 3.50. The number of aliphatic hydroxyl groups is 1. The van der Waals surface area contributed by atoms with E-state index >= 15 is 0 Å². The van der Waals surface area contributed by atoms with E-state index in [2.05, 4.69) is 85.5 Å². The number of amides is 4. The second kappa shape index (κ2) is 20.5. The van der Waals surface area contributed by atoms with Crippen molar-refractivity contribution in [2.24, 2.45) is 29.1 Å². The Morgan fingerprint density at radius 1 is 1.08 bits per heavy atom. The van der Waals surface area contributed by atoms with Crippen molar-refractivity contribution >= 4 is 46.7 Å². The maximum atomic E-state index is 14.8. The topological polar surface area (TPSA) is 156 Å². The number of nitrogens with two attached hydrogens (primary N) is 1. The van der Waals surface area contributed by atoms with Gasteiger partial charge in [0.25, 0.3) is 5.91 Å². The lowest BCUT2D eigenvalue weighted by molar-refractivity contribution is -0.673. The fourth-order valence-electron chi connectivity index (χ4n) is 8.29. The van der Waals surface area contributed by atoms with Crippen molar-refractivity contribution in [2.45, 2.75) is 141 Å². The predicted molar refractivity (Wildman–Crippen MR) is 213 cm³/mol. The number of quaternary nitrogens is 1. The number of aliphatic hydroxyl groups excluding tert-OH is 1. The van der Waals surface area contributed by atoms with Crippen LogP contribution in [0.5, 0.6) is 0 Å². The molecule has 1 aromatic rings. The van der Waals surface area contributed by atoms with E-state index in [-0.39, 0.29) is 47.7 Å². The molecular formula is C40H67N6O5S2+. The van der Waals surface area contributed by atoms with Crippen molar-refractivity contribution in [1.82, 2.24) is 26.2 Å². The normalized spacial score (nSPS) is 22.1. The molecule has 53 heavy (non-hydrogen) atoms. The van der Waals surface area contributed by atoms with Gasteiger partial charge in [-0.1, -0.05) is 79.2 Å². The summed E-state index contributed by atoms with van der Waals surface area (Å²) in [5.41, 5.74) is -0.216. The van der Waals surface area contributed by atoms with Crippen molar-refractivity contribution in [2.75, 3.05) is 25.9 Å². The molecule has 2 saturated carbocycles. The molecule has 3 aliphatic rings. The third-order valence-electron chi connectivity index (χ3n) is 11.8. The number of rotatable bonds is 19. The molecule has 4 rings (SSSR count). The molecule has 11 nitrogen and oxygen atoms in total. The largest absolute Gasteiger partial charge is 0.376 e. The van der Waals surface area contributed by atoms with Crippen molar-refractivity contribution in [3.05, 3.63) is 29.0 Å². The Morgan fingerprint density at radius 3 is 2.40 bits per heavy atom. The molecule has 4 amide bonds. The monoisotopic (exact) mass is 775 g/mol. The van der Waals surface area contributed by atoms with Crippen LogP contribution in [0, 0.1) is 29.1 Å². The highest BCUT2D eigenvalue weighted by Crippen LogP contribution is 2.36. The van der Waals surface area contributed by atoms with Gasteiger partial charge >= 0.3 is 6.03 Å². The van der Waals surface area contributed by atoms with E-state index in [1.54, 1.807) is 28.0 Å². The Kier molecular flexibility index (Phi) is 16.7. The van der Waals surface area contributed by atoms with E-state index in [0.717, 1.165) is 57.9 Å². The number of thioether (sulfide) groups is 1. The average molecular weight is 776 g/mol. The van der Waals surface area contributed by atoms with E-state index in [9.17, 15) is 24.3 Å². The number of Topliss-reactive ketones (excluding diaryl/α,β-unsaturated/α-hetero) is 1. The lowest BCUT2D eigenvalue weighted by atomic mass is 9.79. The number of ketones is 1. The third kappa shape index (κ3) is 12.0. The van der Waals surface area contributed by atoms with Gasteiger partial charge in [-0.2, -0.15) is 0 Å². The SMILES string of the molecule is C=CCNC(=O)C(=O)C(CC1CCC1)NC(O)[C@@H]1[C@@H](C(C)C)CCN1C(=O)[C@@H](NC(=O)N[C@H](C[NH2+]Cc1sccc1SC)C(C)(C)C)C1CCCCC1. The molecule has 3 fully saturated rings. The molecular weight excluding hydrogens is 709 g/mol. The lowest BCUT2D eigenvalue weighted by Crippen LogP contribution is -2.86. The molecule has 298 valence electrons. The maximum Gasteiger partial charge on any atom is 0.315 e. The summed E-state index contributed by atoms with van der Waals surface area (Å²) in [4.78, 5) is 59.2. The minimum atomic E-state index is -1.23. The van der Waals surface area contributed by atoms with Crippen LogP contribution in [0.15, 0.2) is 29.0 Å². The maximum absolute atomic E-state index is 14.8. The van der Waals surface area contributed by atoms with Gasteiger partial charge in [0.05, 0.1) is 29.5 Å². The van der Waals surface area contributed by atoms with Gasteiger partial charge in [-0.3, -0.25) is 19.7 Å². The molecule has 2 unspecified atom stereocenters. The highest BCUT2D eigenvalue weighted by Gasteiger charge is 2.47. The Hall–Kier alpha value is -2.45. The van der Waals surface area contributed by atoms with E-state index in [0.29, 0.717) is 31.8 Å². The number of thiophene rings is 1. The van der Waals surface area contributed by atoms with Crippen LogP contribution in [-0.4, -0.2) is 89.9 Å². The van der Waals surface area contributed by atoms with Gasteiger partial charge in [0, 0.05) is 18.0 Å². The molecule has 1 saturated heterocycles. The van der Waals surface area contributed by atoms with Crippen LogP contribution < -0.4 is 26.6 Å². The zero-order valence-corrected chi connectivity index (χ0v) is 34.6. The molecule has 0 radical (unpaired) electrons. The first kappa shape index (κ1) is 43.3. The average Bonchev–Trinajstić information content (AvgIpc) is 3.77. The Balaban J connectivity index is 1.51. The van der Waals surface area contributed by atoms with Gasteiger partial charge in [-0.05, 0) is 72.5 Å². The molecule has 0 spiro atoms. The van der Waals surface area contributed by atoms with Crippen molar-refractivity contribution < 1.29 is 29.6 Å². The summed E-state index contributed by atoms with van der Waals surface area (Å²) in [6.45, 7) is 16.3. The van der Waals surface area contributed by atoms with E-state index < -0.39 is 36.0 Å². The number of carbonyl (C=O) groups excluding carboxylic acids is 4. The van der Waals surface area contributed by atoms with Crippen LogP contribution in [0.3, 0.4) is 0 Å². The van der Waals surface area contributed by atoms with Crippen LogP contribution in [0.4, 0.5) is 4.79 Å². The van der Waals surface area contributed by atoms with Crippen molar-refractivity contribution in [1.29, 1.82) is 0 Å². The summed E-state index contributed by atoms with van der Waals surface area (Å²) < 4.78 is 0. The number of nitrogens with one attached hydrogen (secondary N) is 4. The van der Waals surface area contributed by atoms with Crippen LogP contribution in [0.25, 0.3) is 0 Å². The van der Waals surface area contributed by atoms with Gasteiger partial charge < -0.3 is 31.3 Å². The molecule has 1 aromatic heterocycles. The number of urea groups is 1. The summed E-state index contributed by atoms with van der Waals surface area (Å²) in [6.07, 6.45) is 11.4. The second-order valence-corrected chi connectivity index (χ2v) is 18.7.